The zero-order valence-corrected chi connectivity index (χ0v) is 9.53. The van der Waals surface area contributed by atoms with Crippen LogP contribution in [0.2, 0.25) is 0 Å². The predicted octanol–water partition coefficient (Wildman–Crippen LogP) is 3.90. The van der Waals surface area contributed by atoms with E-state index in [2.05, 4.69) is 4.98 Å². The summed E-state index contributed by atoms with van der Waals surface area (Å²) in [6, 6.07) is 7.87. The fraction of sp³-hybridized carbons (Fsp3) is 0.214. The Morgan fingerprint density at radius 2 is 1.71 bits per heavy atom. The third-order valence-corrected chi connectivity index (χ3v) is 2.86. The monoisotopic (exact) mass is 233 g/mol. The largest absolute Gasteiger partial charge is 0.265 e. The number of halogens is 2. The van der Waals surface area contributed by atoms with Gasteiger partial charge in [0.05, 0.1) is 0 Å². The van der Waals surface area contributed by atoms with Gasteiger partial charge in [-0.2, -0.15) is 0 Å². The zero-order valence-electron chi connectivity index (χ0n) is 9.53. The number of aromatic nitrogens is 1. The van der Waals surface area contributed by atoms with Gasteiger partial charge in [0.2, 0.25) is 0 Å². The van der Waals surface area contributed by atoms with E-state index in [0.717, 1.165) is 17.5 Å². The molecule has 0 bridgehead atoms. The lowest BCUT2D eigenvalue weighted by molar-refractivity contribution is 0.506. The summed E-state index contributed by atoms with van der Waals surface area (Å²) in [4.78, 5) is 3.95. The van der Waals surface area contributed by atoms with Gasteiger partial charge < -0.3 is 0 Å². The maximum atomic E-state index is 13.2. The standard InChI is InChI=1S/C14H13F2N/c1-2-12(10-5-7-17-8-6-10)11-3-4-13(15)14(16)9-11/h3-9,12H,2H2,1H3. The van der Waals surface area contributed by atoms with Gasteiger partial charge in [0.1, 0.15) is 0 Å². The molecular weight excluding hydrogens is 220 g/mol. The number of benzene rings is 1. The van der Waals surface area contributed by atoms with E-state index in [1.807, 2.05) is 19.1 Å². The Hall–Kier alpha value is -1.77. The van der Waals surface area contributed by atoms with Gasteiger partial charge in [-0.05, 0) is 41.8 Å². The van der Waals surface area contributed by atoms with Crippen LogP contribution in [-0.4, -0.2) is 4.98 Å². The quantitative estimate of drug-likeness (QED) is 0.783. The van der Waals surface area contributed by atoms with Gasteiger partial charge in [0, 0.05) is 18.3 Å². The van der Waals surface area contributed by atoms with Crippen LogP contribution in [0, 0.1) is 11.6 Å². The maximum absolute atomic E-state index is 13.2. The lowest BCUT2D eigenvalue weighted by Gasteiger charge is -2.15. The molecule has 3 heteroatoms. The Bertz CT molecular complexity index is 497. The van der Waals surface area contributed by atoms with Crippen LogP contribution in [0.3, 0.4) is 0 Å². The Kier molecular flexibility index (Phi) is 3.47. The van der Waals surface area contributed by atoms with Gasteiger partial charge in [-0.3, -0.25) is 4.98 Å². The molecule has 0 aliphatic rings. The van der Waals surface area contributed by atoms with Gasteiger partial charge in [-0.25, -0.2) is 8.78 Å². The summed E-state index contributed by atoms with van der Waals surface area (Å²) in [5.74, 6) is -1.53. The first kappa shape index (κ1) is 11.7. The maximum Gasteiger partial charge on any atom is 0.159 e. The van der Waals surface area contributed by atoms with E-state index in [-0.39, 0.29) is 5.92 Å². The SMILES string of the molecule is CCC(c1ccncc1)c1ccc(F)c(F)c1. The normalized spacial score (nSPS) is 12.4. The highest BCUT2D eigenvalue weighted by Crippen LogP contribution is 2.28. The van der Waals surface area contributed by atoms with Gasteiger partial charge in [-0.15, -0.1) is 0 Å². The molecule has 1 unspecified atom stereocenters. The fourth-order valence-corrected chi connectivity index (χ4v) is 1.99. The van der Waals surface area contributed by atoms with Crippen molar-refractivity contribution in [1.29, 1.82) is 0 Å². The van der Waals surface area contributed by atoms with E-state index < -0.39 is 11.6 Å². The number of rotatable bonds is 3. The molecule has 88 valence electrons. The molecule has 2 rings (SSSR count). The van der Waals surface area contributed by atoms with Crippen molar-refractivity contribution in [1.82, 2.24) is 4.98 Å². The molecule has 0 saturated heterocycles. The first-order chi connectivity index (χ1) is 8.22. The van der Waals surface area contributed by atoms with E-state index >= 15 is 0 Å². The average Bonchev–Trinajstić information content (AvgIpc) is 2.36. The molecule has 0 N–H and O–H groups in total. The van der Waals surface area contributed by atoms with E-state index in [4.69, 9.17) is 0 Å². The van der Waals surface area contributed by atoms with Crippen LogP contribution in [0.15, 0.2) is 42.7 Å². The zero-order chi connectivity index (χ0) is 12.3. The number of pyridine rings is 1. The van der Waals surface area contributed by atoms with Crippen LogP contribution in [0.1, 0.15) is 30.4 Å². The minimum absolute atomic E-state index is 0.0769. The van der Waals surface area contributed by atoms with E-state index in [1.165, 1.54) is 12.1 Å². The van der Waals surface area contributed by atoms with Crippen LogP contribution in [-0.2, 0) is 0 Å². The second-order valence-corrected chi connectivity index (χ2v) is 3.91. The van der Waals surface area contributed by atoms with Crippen LogP contribution in [0.5, 0.6) is 0 Å². The Balaban J connectivity index is 2.39. The lowest BCUT2D eigenvalue weighted by Crippen LogP contribution is -2.01. The van der Waals surface area contributed by atoms with Crippen molar-refractivity contribution in [3.8, 4) is 0 Å². The van der Waals surface area contributed by atoms with E-state index in [1.54, 1.807) is 18.5 Å². The molecule has 0 aliphatic carbocycles. The number of nitrogens with zero attached hydrogens (tertiary/aromatic N) is 1. The Morgan fingerprint density at radius 1 is 1.00 bits per heavy atom. The minimum atomic E-state index is -0.807. The Labute approximate surface area is 99.1 Å². The smallest absolute Gasteiger partial charge is 0.159 e. The molecule has 1 heterocycles. The third-order valence-electron chi connectivity index (χ3n) is 2.86. The van der Waals surface area contributed by atoms with Gasteiger partial charge in [-0.1, -0.05) is 13.0 Å². The summed E-state index contributed by atoms with van der Waals surface area (Å²) in [6.07, 6.45) is 4.24. The van der Waals surface area contributed by atoms with Gasteiger partial charge >= 0.3 is 0 Å². The second-order valence-electron chi connectivity index (χ2n) is 3.91. The summed E-state index contributed by atoms with van der Waals surface area (Å²) in [5, 5.41) is 0. The molecule has 0 saturated carbocycles. The first-order valence-corrected chi connectivity index (χ1v) is 5.57. The van der Waals surface area contributed by atoms with Crippen molar-refractivity contribution in [3.63, 3.8) is 0 Å². The van der Waals surface area contributed by atoms with Crippen molar-refractivity contribution < 1.29 is 8.78 Å². The minimum Gasteiger partial charge on any atom is -0.265 e. The van der Waals surface area contributed by atoms with E-state index in [0.29, 0.717) is 0 Å². The average molecular weight is 233 g/mol. The molecule has 1 aromatic carbocycles. The highest BCUT2D eigenvalue weighted by molar-refractivity contribution is 5.31. The molecular formula is C14H13F2N. The topological polar surface area (TPSA) is 12.9 Å². The van der Waals surface area contributed by atoms with Crippen LogP contribution >= 0.6 is 0 Å². The van der Waals surface area contributed by atoms with E-state index in [9.17, 15) is 8.78 Å². The molecule has 1 aromatic heterocycles. The number of hydrogen-bond acceptors (Lipinski definition) is 1. The molecule has 1 atom stereocenters. The summed E-state index contributed by atoms with van der Waals surface area (Å²) in [6.45, 7) is 2.02. The molecule has 0 aliphatic heterocycles. The van der Waals surface area contributed by atoms with Crippen LogP contribution in [0.4, 0.5) is 8.78 Å². The molecule has 0 amide bonds. The van der Waals surface area contributed by atoms with Crippen molar-refractivity contribution in [2.75, 3.05) is 0 Å². The highest BCUT2D eigenvalue weighted by Gasteiger charge is 2.13. The molecule has 1 nitrogen and oxygen atoms in total. The highest BCUT2D eigenvalue weighted by atomic mass is 19.2. The summed E-state index contributed by atoms with van der Waals surface area (Å²) in [5.41, 5.74) is 1.85. The summed E-state index contributed by atoms with van der Waals surface area (Å²) < 4.78 is 26.1. The van der Waals surface area contributed by atoms with Crippen molar-refractivity contribution in [2.45, 2.75) is 19.3 Å². The molecule has 0 fully saturated rings. The molecule has 2 aromatic rings. The molecule has 0 spiro atoms. The van der Waals surface area contributed by atoms with Crippen molar-refractivity contribution >= 4 is 0 Å². The third kappa shape index (κ3) is 2.49. The summed E-state index contributed by atoms with van der Waals surface area (Å²) in [7, 11) is 0. The van der Waals surface area contributed by atoms with Crippen LogP contribution < -0.4 is 0 Å². The van der Waals surface area contributed by atoms with Crippen molar-refractivity contribution in [3.05, 3.63) is 65.5 Å². The van der Waals surface area contributed by atoms with Gasteiger partial charge in [0.15, 0.2) is 11.6 Å². The molecule has 0 radical (unpaired) electrons. The van der Waals surface area contributed by atoms with Gasteiger partial charge in [0.25, 0.3) is 0 Å². The molecule has 17 heavy (non-hydrogen) atoms. The fourth-order valence-electron chi connectivity index (χ4n) is 1.99. The first-order valence-electron chi connectivity index (χ1n) is 5.57. The van der Waals surface area contributed by atoms with Crippen molar-refractivity contribution in [2.24, 2.45) is 0 Å². The predicted molar refractivity (Wildman–Crippen MR) is 62.7 cm³/mol. The summed E-state index contributed by atoms with van der Waals surface area (Å²) >= 11 is 0. The number of hydrogen-bond donors (Lipinski definition) is 0. The van der Waals surface area contributed by atoms with Crippen LogP contribution in [0.25, 0.3) is 0 Å². The lowest BCUT2D eigenvalue weighted by atomic mass is 9.90. The second kappa shape index (κ2) is 5.04. The Morgan fingerprint density at radius 3 is 2.29 bits per heavy atom.